The molecule has 24 heavy (non-hydrogen) atoms. The SMILES string of the molecule is COc1ccc(C=O)cc1OC.COc1ccc(C=O)cc1OC. The largest absolute Gasteiger partial charge is 0.493 e. The van der Waals surface area contributed by atoms with E-state index in [2.05, 4.69) is 0 Å². The lowest BCUT2D eigenvalue weighted by molar-refractivity contribution is 0.111. The molecule has 0 aromatic heterocycles. The summed E-state index contributed by atoms with van der Waals surface area (Å²) < 4.78 is 20.0. The molecule has 0 aliphatic heterocycles. The van der Waals surface area contributed by atoms with Crippen LogP contribution in [0.2, 0.25) is 0 Å². The number of benzene rings is 2. The van der Waals surface area contributed by atoms with E-state index in [4.69, 9.17) is 18.9 Å². The van der Waals surface area contributed by atoms with Crippen molar-refractivity contribution in [3.63, 3.8) is 0 Å². The van der Waals surface area contributed by atoms with Crippen molar-refractivity contribution < 1.29 is 28.5 Å². The Bertz CT molecular complexity index is 622. The molecule has 6 nitrogen and oxygen atoms in total. The van der Waals surface area contributed by atoms with Gasteiger partial charge in [-0.3, -0.25) is 9.59 Å². The van der Waals surface area contributed by atoms with Crippen LogP contribution in [0.3, 0.4) is 0 Å². The lowest BCUT2D eigenvalue weighted by Crippen LogP contribution is -1.91. The molecule has 128 valence electrons. The number of rotatable bonds is 6. The molecule has 6 heteroatoms. The van der Waals surface area contributed by atoms with Gasteiger partial charge < -0.3 is 18.9 Å². The van der Waals surface area contributed by atoms with E-state index in [1.807, 2.05) is 0 Å². The molecular weight excluding hydrogens is 312 g/mol. The Morgan fingerprint density at radius 1 is 0.583 bits per heavy atom. The summed E-state index contributed by atoms with van der Waals surface area (Å²) in [6.07, 6.45) is 1.53. The minimum Gasteiger partial charge on any atom is -0.493 e. The van der Waals surface area contributed by atoms with Crippen molar-refractivity contribution in [2.75, 3.05) is 28.4 Å². The van der Waals surface area contributed by atoms with E-state index in [1.165, 1.54) is 14.2 Å². The fraction of sp³-hybridized carbons (Fsp3) is 0.222. The molecule has 0 amide bonds. The van der Waals surface area contributed by atoms with Gasteiger partial charge in [-0.25, -0.2) is 0 Å². The minimum absolute atomic E-state index is 0.571. The molecule has 0 radical (unpaired) electrons. The first-order valence-electron chi connectivity index (χ1n) is 6.97. The number of hydrogen-bond donors (Lipinski definition) is 0. The predicted molar refractivity (Wildman–Crippen MR) is 89.9 cm³/mol. The summed E-state index contributed by atoms with van der Waals surface area (Å²) in [7, 11) is 6.18. The fourth-order valence-electron chi connectivity index (χ4n) is 1.85. The van der Waals surface area contributed by atoms with Crippen molar-refractivity contribution >= 4 is 12.6 Å². The molecule has 0 fully saturated rings. The number of hydrogen-bond acceptors (Lipinski definition) is 6. The van der Waals surface area contributed by atoms with E-state index in [-0.39, 0.29) is 0 Å². The summed E-state index contributed by atoms with van der Waals surface area (Å²) in [6.45, 7) is 0. The molecule has 0 unspecified atom stereocenters. The van der Waals surface area contributed by atoms with Crippen LogP contribution in [-0.2, 0) is 0 Å². The number of methoxy groups -OCH3 is 4. The minimum atomic E-state index is 0.571. The molecule has 2 aromatic carbocycles. The summed E-state index contributed by atoms with van der Waals surface area (Å²) in [5, 5.41) is 0. The standard InChI is InChI=1S/2C9H10O3/c2*1-11-8-4-3-7(6-10)5-9(8)12-2/h2*3-6H,1-2H3. The molecule has 0 bridgehead atoms. The van der Waals surface area contributed by atoms with Crippen LogP contribution in [-0.4, -0.2) is 41.0 Å². The Kier molecular flexibility index (Phi) is 7.84. The number of aldehydes is 2. The summed E-state index contributed by atoms with van der Waals surface area (Å²) in [5.41, 5.74) is 1.15. The molecule has 2 aromatic rings. The van der Waals surface area contributed by atoms with Gasteiger partial charge in [0.2, 0.25) is 0 Å². The maximum atomic E-state index is 10.4. The Morgan fingerprint density at radius 3 is 1.17 bits per heavy atom. The Morgan fingerprint density at radius 2 is 0.917 bits per heavy atom. The monoisotopic (exact) mass is 332 g/mol. The van der Waals surface area contributed by atoms with Crippen molar-refractivity contribution in [3.05, 3.63) is 47.5 Å². The highest BCUT2D eigenvalue weighted by Gasteiger charge is 2.03. The number of carbonyl (C=O) groups is 2. The highest BCUT2D eigenvalue weighted by Crippen LogP contribution is 2.27. The van der Waals surface area contributed by atoms with Gasteiger partial charge >= 0.3 is 0 Å². The quantitative estimate of drug-likeness (QED) is 0.757. The highest BCUT2D eigenvalue weighted by molar-refractivity contribution is 5.76. The molecule has 0 spiro atoms. The van der Waals surface area contributed by atoms with Crippen LogP contribution in [0.25, 0.3) is 0 Å². The van der Waals surface area contributed by atoms with Crippen LogP contribution in [0.5, 0.6) is 23.0 Å². The van der Waals surface area contributed by atoms with Crippen LogP contribution in [0.4, 0.5) is 0 Å². The smallest absolute Gasteiger partial charge is 0.161 e. The zero-order valence-corrected chi connectivity index (χ0v) is 14.1. The molecule has 0 heterocycles. The molecule has 0 aliphatic carbocycles. The van der Waals surface area contributed by atoms with Gasteiger partial charge in [0.25, 0.3) is 0 Å². The fourth-order valence-corrected chi connectivity index (χ4v) is 1.85. The van der Waals surface area contributed by atoms with Gasteiger partial charge in [0.05, 0.1) is 28.4 Å². The predicted octanol–water partition coefficient (Wildman–Crippen LogP) is 3.03. The van der Waals surface area contributed by atoms with E-state index >= 15 is 0 Å². The summed E-state index contributed by atoms with van der Waals surface area (Å²) in [4.78, 5) is 20.8. The zero-order chi connectivity index (χ0) is 17.9. The van der Waals surface area contributed by atoms with E-state index in [0.29, 0.717) is 34.1 Å². The molecule has 0 saturated carbocycles. The average Bonchev–Trinajstić information content (AvgIpc) is 2.67. The Labute approximate surface area is 140 Å². The van der Waals surface area contributed by atoms with Crippen molar-refractivity contribution in [3.8, 4) is 23.0 Å². The van der Waals surface area contributed by atoms with Gasteiger partial charge in [-0.05, 0) is 36.4 Å². The van der Waals surface area contributed by atoms with E-state index in [1.54, 1.807) is 50.6 Å². The van der Waals surface area contributed by atoms with Gasteiger partial charge in [-0.15, -0.1) is 0 Å². The summed E-state index contributed by atoms with van der Waals surface area (Å²) in [6, 6.07) is 10.0. The summed E-state index contributed by atoms with van der Waals surface area (Å²) >= 11 is 0. The molecule has 0 saturated heterocycles. The second-order valence-corrected chi connectivity index (χ2v) is 4.46. The Balaban J connectivity index is 0.000000240. The average molecular weight is 332 g/mol. The first-order valence-corrected chi connectivity index (χ1v) is 6.97. The first-order chi connectivity index (χ1) is 11.6. The second-order valence-electron chi connectivity index (χ2n) is 4.46. The van der Waals surface area contributed by atoms with Crippen molar-refractivity contribution in [1.29, 1.82) is 0 Å². The van der Waals surface area contributed by atoms with Gasteiger partial charge in [0.1, 0.15) is 12.6 Å². The third kappa shape index (κ3) is 5.01. The van der Waals surface area contributed by atoms with Crippen LogP contribution < -0.4 is 18.9 Å². The maximum absolute atomic E-state index is 10.4. The van der Waals surface area contributed by atoms with Gasteiger partial charge in [-0.2, -0.15) is 0 Å². The van der Waals surface area contributed by atoms with Crippen LogP contribution in [0.15, 0.2) is 36.4 Å². The molecule has 0 atom stereocenters. The second kappa shape index (κ2) is 9.89. The molecule has 2 rings (SSSR count). The molecule has 0 N–H and O–H groups in total. The first kappa shape index (κ1) is 19.0. The van der Waals surface area contributed by atoms with E-state index in [0.717, 1.165) is 12.6 Å². The van der Waals surface area contributed by atoms with E-state index < -0.39 is 0 Å². The molecular formula is C18H20O6. The van der Waals surface area contributed by atoms with Gasteiger partial charge in [0, 0.05) is 11.1 Å². The van der Waals surface area contributed by atoms with Crippen LogP contribution >= 0.6 is 0 Å². The van der Waals surface area contributed by atoms with E-state index in [9.17, 15) is 9.59 Å². The number of ether oxygens (including phenoxy) is 4. The van der Waals surface area contributed by atoms with Gasteiger partial charge in [-0.1, -0.05) is 0 Å². The lowest BCUT2D eigenvalue weighted by Gasteiger charge is -2.06. The third-order valence-corrected chi connectivity index (χ3v) is 3.09. The highest BCUT2D eigenvalue weighted by atomic mass is 16.5. The third-order valence-electron chi connectivity index (χ3n) is 3.09. The maximum Gasteiger partial charge on any atom is 0.161 e. The normalized spacial score (nSPS) is 9.17. The van der Waals surface area contributed by atoms with Crippen molar-refractivity contribution in [2.45, 2.75) is 0 Å². The summed E-state index contributed by atoms with van der Waals surface area (Å²) in [5.74, 6) is 2.40. The Hall–Kier alpha value is -3.02. The van der Waals surface area contributed by atoms with Crippen molar-refractivity contribution in [1.82, 2.24) is 0 Å². The number of carbonyl (C=O) groups excluding carboxylic acids is 2. The topological polar surface area (TPSA) is 71.1 Å². The van der Waals surface area contributed by atoms with Crippen LogP contribution in [0, 0.1) is 0 Å². The lowest BCUT2D eigenvalue weighted by atomic mass is 10.2. The zero-order valence-electron chi connectivity index (χ0n) is 14.1. The van der Waals surface area contributed by atoms with Gasteiger partial charge in [0.15, 0.2) is 23.0 Å². The van der Waals surface area contributed by atoms with Crippen LogP contribution in [0.1, 0.15) is 20.7 Å². The van der Waals surface area contributed by atoms with Crippen molar-refractivity contribution in [2.24, 2.45) is 0 Å². The molecule has 0 aliphatic rings.